The number of aromatic nitrogens is 3. The van der Waals surface area contributed by atoms with Crippen molar-refractivity contribution in [1.29, 1.82) is 0 Å². The smallest absolute Gasteiger partial charge is 0.145 e. The number of aliphatic imine (C=N–C) groups is 2. The highest BCUT2D eigenvalue weighted by molar-refractivity contribution is 6.15. The number of hydrogen-bond acceptors (Lipinski definition) is 8. The first-order chi connectivity index (χ1) is 16.0. The average Bonchev–Trinajstić information content (AvgIpc) is 3.52. The lowest BCUT2D eigenvalue weighted by molar-refractivity contribution is 0.00545. The van der Waals surface area contributed by atoms with Crippen LogP contribution in [0.2, 0.25) is 0 Å². The van der Waals surface area contributed by atoms with Crippen LogP contribution in [-0.4, -0.2) is 66.6 Å². The lowest BCUT2D eigenvalue weighted by Gasteiger charge is -2.25. The second-order valence-corrected chi connectivity index (χ2v) is 9.17. The second kappa shape index (κ2) is 7.64. The van der Waals surface area contributed by atoms with Gasteiger partial charge in [0.15, 0.2) is 0 Å². The zero-order valence-corrected chi connectivity index (χ0v) is 18.5. The van der Waals surface area contributed by atoms with Gasteiger partial charge < -0.3 is 25.4 Å². The fourth-order valence-corrected chi connectivity index (χ4v) is 5.51. The molecule has 0 unspecified atom stereocenters. The Hall–Kier alpha value is -3.30. The fourth-order valence-electron chi connectivity index (χ4n) is 5.51. The van der Waals surface area contributed by atoms with Gasteiger partial charge in [0.05, 0.1) is 29.8 Å². The summed E-state index contributed by atoms with van der Waals surface area (Å²) in [6.45, 7) is 3.72. The maximum atomic E-state index is 10.8. The maximum absolute atomic E-state index is 10.8. The van der Waals surface area contributed by atoms with E-state index in [1.54, 1.807) is 0 Å². The molecule has 0 saturated heterocycles. The van der Waals surface area contributed by atoms with Crippen molar-refractivity contribution in [1.82, 2.24) is 19.4 Å². The molecule has 2 aliphatic heterocycles. The molecule has 4 atom stereocenters. The van der Waals surface area contributed by atoms with Crippen molar-refractivity contribution < 1.29 is 10.2 Å². The van der Waals surface area contributed by atoms with E-state index in [0.29, 0.717) is 17.9 Å². The van der Waals surface area contributed by atoms with Crippen LogP contribution in [0, 0.1) is 5.92 Å². The van der Waals surface area contributed by atoms with E-state index in [9.17, 15) is 10.2 Å². The zero-order valence-electron chi connectivity index (χ0n) is 18.5. The van der Waals surface area contributed by atoms with E-state index in [4.69, 9.17) is 10.7 Å². The third-order valence-electron chi connectivity index (χ3n) is 7.29. The molecule has 3 aliphatic rings. The number of aliphatic hydroxyl groups excluding tert-OH is 2. The number of nitrogen functional groups attached to an aromatic ring is 1. The molecule has 0 amide bonds. The summed E-state index contributed by atoms with van der Waals surface area (Å²) < 4.78 is 1.92. The minimum absolute atomic E-state index is 0.0161. The van der Waals surface area contributed by atoms with Gasteiger partial charge in [-0.15, -0.1) is 0 Å². The van der Waals surface area contributed by atoms with Gasteiger partial charge in [-0.25, -0.2) is 15.0 Å². The number of fused-ring (bicyclic) bond motifs is 4. The number of nitrogens with two attached hydrogens (primary N) is 1. The Morgan fingerprint density at radius 2 is 2.03 bits per heavy atom. The summed E-state index contributed by atoms with van der Waals surface area (Å²) in [6, 6.07) is 7.98. The van der Waals surface area contributed by atoms with Gasteiger partial charge in [0, 0.05) is 18.3 Å². The summed E-state index contributed by atoms with van der Waals surface area (Å²) in [5.74, 6) is 2.40. The number of anilines is 1. The maximum Gasteiger partial charge on any atom is 0.145 e. The molecular formula is C24H27N7O2. The largest absolute Gasteiger partial charge is 0.390 e. The molecular weight excluding hydrogens is 418 g/mol. The van der Waals surface area contributed by atoms with Crippen LogP contribution in [0.3, 0.4) is 0 Å². The van der Waals surface area contributed by atoms with Gasteiger partial charge in [-0.3, -0.25) is 4.99 Å². The number of benzene rings is 1. The predicted octanol–water partition coefficient (Wildman–Crippen LogP) is 2.05. The molecule has 9 nitrogen and oxygen atoms in total. The van der Waals surface area contributed by atoms with Gasteiger partial charge in [0.25, 0.3) is 0 Å². The van der Waals surface area contributed by atoms with Gasteiger partial charge in [0.1, 0.15) is 35.6 Å². The molecule has 1 aliphatic carbocycles. The van der Waals surface area contributed by atoms with Gasteiger partial charge in [0.2, 0.25) is 0 Å². The number of hydrogen-bond donors (Lipinski definition) is 3. The van der Waals surface area contributed by atoms with Crippen LogP contribution >= 0.6 is 0 Å². The van der Waals surface area contributed by atoms with E-state index in [-0.39, 0.29) is 12.0 Å². The van der Waals surface area contributed by atoms with Crippen molar-refractivity contribution in [2.24, 2.45) is 15.9 Å². The number of aliphatic hydroxyl groups is 2. The number of rotatable bonds is 4. The molecule has 2 aromatic heterocycles. The van der Waals surface area contributed by atoms with Gasteiger partial charge in [-0.05, 0) is 55.9 Å². The molecule has 0 spiro atoms. The van der Waals surface area contributed by atoms with Crippen molar-refractivity contribution in [2.45, 2.75) is 44.4 Å². The number of amidine groups is 2. The average molecular weight is 446 g/mol. The summed E-state index contributed by atoms with van der Waals surface area (Å²) in [5, 5.41) is 22.4. The van der Waals surface area contributed by atoms with Crippen LogP contribution in [0.4, 0.5) is 11.5 Å². The van der Waals surface area contributed by atoms with Crippen LogP contribution in [-0.2, 0) is 6.42 Å². The van der Waals surface area contributed by atoms with Crippen molar-refractivity contribution in [3.8, 4) is 0 Å². The highest BCUT2D eigenvalue weighted by Crippen LogP contribution is 2.40. The summed E-state index contributed by atoms with van der Waals surface area (Å²) >= 11 is 0. The van der Waals surface area contributed by atoms with Gasteiger partial charge in [-0.2, -0.15) is 0 Å². The third-order valence-corrected chi connectivity index (χ3v) is 7.29. The monoisotopic (exact) mass is 445 g/mol. The SMILES string of the molecule is CC1=Nc2cc(CC[C@H]3C[C@@H](n4ccc5c(N)ncnc54)[C@H](O)[C@@H]3O)ccc2C2=NCCN12. The summed E-state index contributed by atoms with van der Waals surface area (Å²) in [5.41, 5.74) is 9.86. The zero-order chi connectivity index (χ0) is 22.7. The quantitative estimate of drug-likeness (QED) is 0.564. The first-order valence-electron chi connectivity index (χ1n) is 11.4. The Labute approximate surface area is 191 Å². The van der Waals surface area contributed by atoms with E-state index < -0.39 is 12.2 Å². The number of nitrogens with zero attached hydrogens (tertiary/aromatic N) is 6. The predicted molar refractivity (Wildman–Crippen MR) is 127 cm³/mol. The normalized spacial score (nSPS) is 26.3. The van der Waals surface area contributed by atoms with Crippen LogP contribution in [0.1, 0.15) is 36.9 Å². The van der Waals surface area contributed by atoms with E-state index in [2.05, 4.69) is 38.1 Å². The second-order valence-electron chi connectivity index (χ2n) is 9.17. The molecule has 6 rings (SSSR count). The Bertz CT molecular complexity index is 1300. The summed E-state index contributed by atoms with van der Waals surface area (Å²) in [6.07, 6.45) is 3.91. The Balaban J connectivity index is 1.20. The first kappa shape index (κ1) is 20.3. The summed E-state index contributed by atoms with van der Waals surface area (Å²) in [7, 11) is 0. The first-order valence-corrected chi connectivity index (χ1v) is 11.4. The molecule has 33 heavy (non-hydrogen) atoms. The van der Waals surface area contributed by atoms with E-state index in [0.717, 1.165) is 54.2 Å². The van der Waals surface area contributed by atoms with Crippen molar-refractivity contribution >= 4 is 34.2 Å². The Morgan fingerprint density at radius 1 is 1.15 bits per heavy atom. The van der Waals surface area contributed by atoms with Crippen LogP contribution in [0.25, 0.3) is 11.0 Å². The van der Waals surface area contributed by atoms with Crippen LogP contribution < -0.4 is 5.73 Å². The highest BCUT2D eigenvalue weighted by atomic mass is 16.3. The number of aryl methyl sites for hydroxylation is 1. The van der Waals surface area contributed by atoms with E-state index >= 15 is 0 Å². The molecule has 170 valence electrons. The molecule has 1 saturated carbocycles. The van der Waals surface area contributed by atoms with E-state index in [1.165, 1.54) is 11.9 Å². The Kier molecular flexibility index (Phi) is 4.70. The lowest BCUT2D eigenvalue weighted by atomic mass is 9.95. The lowest BCUT2D eigenvalue weighted by Crippen LogP contribution is -2.35. The van der Waals surface area contributed by atoms with Gasteiger partial charge >= 0.3 is 0 Å². The summed E-state index contributed by atoms with van der Waals surface area (Å²) in [4.78, 5) is 20.0. The van der Waals surface area contributed by atoms with Gasteiger partial charge in [-0.1, -0.05) is 6.07 Å². The van der Waals surface area contributed by atoms with Crippen LogP contribution in [0.15, 0.2) is 46.8 Å². The molecule has 3 aromatic rings. The van der Waals surface area contributed by atoms with Crippen molar-refractivity contribution in [2.75, 3.05) is 18.8 Å². The fraction of sp³-hybridized carbons (Fsp3) is 0.417. The van der Waals surface area contributed by atoms with Crippen LogP contribution in [0.5, 0.6) is 0 Å². The molecule has 1 fully saturated rings. The van der Waals surface area contributed by atoms with Crippen molar-refractivity contribution in [3.63, 3.8) is 0 Å². The van der Waals surface area contributed by atoms with Crippen molar-refractivity contribution in [3.05, 3.63) is 47.9 Å². The topological polar surface area (TPSA) is 125 Å². The third kappa shape index (κ3) is 3.22. The molecule has 4 heterocycles. The molecule has 4 N–H and O–H groups in total. The highest BCUT2D eigenvalue weighted by Gasteiger charge is 2.42. The Morgan fingerprint density at radius 3 is 2.91 bits per heavy atom. The van der Waals surface area contributed by atoms with E-state index in [1.807, 2.05) is 23.8 Å². The standard InChI is InChI=1S/C24H27N7O2/c1-13-29-18-10-14(3-5-16(18)23-26-7-9-30(13)23)2-4-15-11-19(21(33)20(15)32)31-8-6-17-22(25)27-12-28-24(17)31/h3,5-6,8,10,12,15,19-21,32-33H,2,4,7,9,11H2,1H3,(H2,25,27,28)/t15-,19+,20+,21-/m0/s1. The minimum atomic E-state index is -0.857. The molecule has 0 radical (unpaired) electrons. The molecule has 9 heteroatoms. The molecule has 0 bridgehead atoms. The molecule has 1 aromatic carbocycles. The minimum Gasteiger partial charge on any atom is -0.390 e.